The predicted octanol–water partition coefficient (Wildman–Crippen LogP) is 4.57. The number of rotatable bonds is 18. The summed E-state index contributed by atoms with van der Waals surface area (Å²) in [5.74, 6) is 0.200. The van der Waals surface area contributed by atoms with Crippen molar-refractivity contribution in [1.29, 1.82) is 0 Å². The lowest BCUT2D eigenvalue weighted by molar-refractivity contribution is -0.137. The number of amides is 2. The van der Waals surface area contributed by atoms with Crippen LogP contribution >= 0.6 is 0 Å². The van der Waals surface area contributed by atoms with E-state index < -0.39 is 23.4 Å². The first-order chi connectivity index (χ1) is 28.0. The number of carbonyl (C=O) groups excluding carboxylic acids is 1. The minimum absolute atomic E-state index is 0.0334. The zero-order valence-corrected chi connectivity index (χ0v) is 31.6. The maximum Gasteiger partial charge on any atom is 0.418 e. The molecule has 0 unspecified atom stereocenters. The van der Waals surface area contributed by atoms with Crippen LogP contribution in [0.25, 0.3) is 38.6 Å². The standard InChI is InChI=1S/C40H44F3N7O8/c41-40(42,43)32-24-30(50-37(52)8-3-29-26-46-33-5-1-27(23-31(33)38(29)50)28-2-7-35(44)47-25-28)4-6-34(32)48-11-13-49(14-12-48)36(51)9-15-55-17-19-57-21-22-58-20-18-56-16-10-45-39(53)54/h1-8,23-26,45H,9-22H2,(H2,44,47)(H,53,54). The average molecular weight is 808 g/mol. The molecular formula is C40H44F3N7O8. The van der Waals surface area contributed by atoms with Gasteiger partial charge in [-0.05, 0) is 54.1 Å². The Bertz CT molecular complexity index is 2250. The largest absolute Gasteiger partial charge is 0.465 e. The average Bonchev–Trinajstić information content (AvgIpc) is 3.21. The monoisotopic (exact) mass is 807 g/mol. The SMILES string of the molecule is Nc1ccc(-c2ccc3ncc4ccc(=O)n(-c5ccc(N6CCN(C(=O)CCOCCOCCOCCOCCNC(=O)O)CC6)c(C(F)(F)F)c5)c4c3c2)cn1. The number of nitrogen functional groups attached to an aromatic ring is 1. The van der Waals surface area contributed by atoms with Crippen LogP contribution in [0.3, 0.4) is 0 Å². The molecule has 18 heteroatoms. The molecule has 0 spiro atoms. The fourth-order valence-electron chi connectivity index (χ4n) is 6.60. The van der Waals surface area contributed by atoms with Crippen molar-refractivity contribution in [2.75, 3.05) is 96.2 Å². The molecule has 1 fully saturated rings. The summed E-state index contributed by atoms with van der Waals surface area (Å²) < 4.78 is 67.2. The minimum atomic E-state index is -4.74. The molecule has 0 radical (unpaired) electrons. The van der Waals surface area contributed by atoms with Crippen LogP contribution in [0.4, 0.5) is 29.5 Å². The van der Waals surface area contributed by atoms with Gasteiger partial charge in [-0.2, -0.15) is 13.2 Å². The lowest BCUT2D eigenvalue weighted by Gasteiger charge is -2.37. The summed E-state index contributed by atoms with van der Waals surface area (Å²) in [6, 6.07) is 15.8. The Morgan fingerprint density at radius 2 is 1.45 bits per heavy atom. The van der Waals surface area contributed by atoms with E-state index in [0.717, 1.165) is 17.2 Å². The third-order valence-corrected chi connectivity index (χ3v) is 9.45. The summed E-state index contributed by atoms with van der Waals surface area (Å²) in [5.41, 5.74) is 6.91. The van der Waals surface area contributed by atoms with Crippen LogP contribution in [0, 0.1) is 0 Å². The Kier molecular flexibility index (Phi) is 14.1. The molecule has 6 rings (SSSR count). The van der Waals surface area contributed by atoms with Gasteiger partial charge >= 0.3 is 12.3 Å². The lowest BCUT2D eigenvalue weighted by atomic mass is 10.0. The van der Waals surface area contributed by atoms with Crippen molar-refractivity contribution in [2.45, 2.75) is 12.6 Å². The molecule has 0 aliphatic carbocycles. The van der Waals surface area contributed by atoms with Crippen LogP contribution < -0.4 is 21.5 Å². The van der Waals surface area contributed by atoms with Crippen LogP contribution in [-0.2, 0) is 29.9 Å². The number of benzene rings is 2. The molecule has 308 valence electrons. The zero-order chi connectivity index (χ0) is 41.1. The van der Waals surface area contributed by atoms with Crippen molar-refractivity contribution >= 4 is 45.3 Å². The van der Waals surface area contributed by atoms with Gasteiger partial charge in [0.15, 0.2) is 0 Å². The molecular weight excluding hydrogens is 763 g/mol. The Morgan fingerprint density at radius 1 is 0.776 bits per heavy atom. The molecule has 0 bridgehead atoms. The smallest absolute Gasteiger partial charge is 0.418 e. The van der Waals surface area contributed by atoms with E-state index in [1.54, 1.807) is 40.4 Å². The molecule has 4 N–H and O–H groups in total. The maximum atomic E-state index is 14.8. The lowest BCUT2D eigenvalue weighted by Crippen LogP contribution is -2.49. The number of nitrogens with two attached hydrogens (primary N) is 1. The normalized spacial score (nSPS) is 13.4. The van der Waals surface area contributed by atoms with E-state index in [1.165, 1.54) is 22.8 Å². The van der Waals surface area contributed by atoms with Crippen molar-refractivity contribution in [2.24, 2.45) is 0 Å². The number of hydrogen-bond acceptors (Lipinski definition) is 11. The molecule has 58 heavy (non-hydrogen) atoms. The number of piperazine rings is 1. The number of pyridine rings is 3. The van der Waals surface area contributed by atoms with Crippen LogP contribution in [0.2, 0.25) is 0 Å². The van der Waals surface area contributed by atoms with Crippen LogP contribution in [0.15, 0.2) is 77.9 Å². The first kappa shape index (κ1) is 41.8. The van der Waals surface area contributed by atoms with Crippen LogP contribution in [0.1, 0.15) is 12.0 Å². The van der Waals surface area contributed by atoms with E-state index in [-0.39, 0.29) is 76.2 Å². The molecule has 2 aromatic carbocycles. The van der Waals surface area contributed by atoms with E-state index in [0.29, 0.717) is 60.7 Å². The first-order valence-electron chi connectivity index (χ1n) is 18.7. The number of hydrogen-bond donors (Lipinski definition) is 3. The van der Waals surface area contributed by atoms with Gasteiger partial charge in [0.25, 0.3) is 5.56 Å². The van der Waals surface area contributed by atoms with Crippen molar-refractivity contribution in [1.82, 2.24) is 24.8 Å². The Balaban J connectivity index is 1.03. The molecule has 2 amide bonds. The van der Waals surface area contributed by atoms with Gasteiger partial charge in [-0.1, -0.05) is 6.07 Å². The number of aromatic nitrogens is 3. The molecule has 5 aromatic rings. The summed E-state index contributed by atoms with van der Waals surface area (Å²) in [6.45, 7) is 3.41. The van der Waals surface area contributed by atoms with Crippen molar-refractivity contribution in [3.8, 4) is 16.8 Å². The van der Waals surface area contributed by atoms with Gasteiger partial charge in [0.2, 0.25) is 5.91 Å². The quantitative estimate of drug-likeness (QED) is 0.0830. The van der Waals surface area contributed by atoms with Gasteiger partial charge in [0.05, 0.1) is 81.6 Å². The van der Waals surface area contributed by atoms with E-state index in [2.05, 4.69) is 15.3 Å². The van der Waals surface area contributed by atoms with Gasteiger partial charge in [0, 0.05) is 73.2 Å². The van der Waals surface area contributed by atoms with Crippen LogP contribution in [-0.4, -0.2) is 122 Å². The van der Waals surface area contributed by atoms with Gasteiger partial charge in [0.1, 0.15) is 5.82 Å². The Hall–Kier alpha value is -5.82. The summed E-state index contributed by atoms with van der Waals surface area (Å²) in [4.78, 5) is 48.6. The van der Waals surface area contributed by atoms with E-state index >= 15 is 0 Å². The topological polar surface area (TPSA) is 184 Å². The highest BCUT2D eigenvalue weighted by atomic mass is 19.4. The van der Waals surface area contributed by atoms with Gasteiger partial charge < -0.3 is 44.9 Å². The number of anilines is 2. The van der Waals surface area contributed by atoms with Crippen molar-refractivity contribution in [3.63, 3.8) is 0 Å². The number of ether oxygens (including phenoxy) is 4. The number of fused-ring (bicyclic) bond motifs is 3. The van der Waals surface area contributed by atoms with Gasteiger partial charge in [-0.15, -0.1) is 0 Å². The molecule has 1 aliphatic rings. The Labute approximate surface area is 331 Å². The van der Waals surface area contributed by atoms with E-state index in [9.17, 15) is 27.6 Å². The summed E-state index contributed by atoms with van der Waals surface area (Å²) in [5, 5.41) is 11.8. The van der Waals surface area contributed by atoms with Crippen molar-refractivity contribution < 1.29 is 46.8 Å². The predicted molar refractivity (Wildman–Crippen MR) is 210 cm³/mol. The number of carboxylic acid groups (broad SMARTS) is 1. The molecule has 4 heterocycles. The fraction of sp³-hybridized carbons (Fsp3) is 0.375. The minimum Gasteiger partial charge on any atom is -0.465 e. The number of nitrogens with zero attached hydrogens (tertiary/aromatic N) is 5. The second-order valence-electron chi connectivity index (χ2n) is 13.3. The molecule has 0 atom stereocenters. The third-order valence-electron chi connectivity index (χ3n) is 9.45. The molecule has 15 nitrogen and oxygen atoms in total. The molecule has 1 aliphatic heterocycles. The summed E-state index contributed by atoms with van der Waals surface area (Å²) in [6.07, 6.45) is -2.51. The number of alkyl halides is 3. The number of nitrogens with one attached hydrogen (secondary N) is 1. The molecule has 1 saturated heterocycles. The molecule has 3 aromatic heterocycles. The van der Waals surface area contributed by atoms with Gasteiger partial charge in [-0.3, -0.25) is 19.1 Å². The number of carbonyl (C=O) groups is 2. The van der Waals surface area contributed by atoms with Crippen LogP contribution in [0.5, 0.6) is 0 Å². The summed E-state index contributed by atoms with van der Waals surface area (Å²) in [7, 11) is 0. The van der Waals surface area contributed by atoms with E-state index in [1.807, 2.05) is 18.2 Å². The summed E-state index contributed by atoms with van der Waals surface area (Å²) >= 11 is 0. The third kappa shape index (κ3) is 10.8. The second-order valence-corrected chi connectivity index (χ2v) is 13.3. The Morgan fingerprint density at radius 3 is 2.10 bits per heavy atom. The number of halogens is 3. The second kappa shape index (κ2) is 19.6. The highest BCUT2D eigenvalue weighted by Crippen LogP contribution is 2.39. The maximum absolute atomic E-state index is 14.8. The first-order valence-corrected chi connectivity index (χ1v) is 18.7. The zero-order valence-electron chi connectivity index (χ0n) is 31.6. The molecule has 0 saturated carbocycles. The highest BCUT2D eigenvalue weighted by molar-refractivity contribution is 6.05. The van der Waals surface area contributed by atoms with E-state index in [4.69, 9.17) is 29.8 Å². The van der Waals surface area contributed by atoms with Gasteiger partial charge in [-0.25, -0.2) is 9.78 Å². The highest BCUT2D eigenvalue weighted by Gasteiger charge is 2.36. The van der Waals surface area contributed by atoms with Crippen molar-refractivity contribution in [3.05, 3.63) is 89.0 Å². The fourth-order valence-corrected chi connectivity index (χ4v) is 6.60.